The highest BCUT2D eigenvalue weighted by Crippen LogP contribution is 2.24. The fourth-order valence-corrected chi connectivity index (χ4v) is 4.40. The van der Waals surface area contributed by atoms with Gasteiger partial charge >= 0.3 is 0 Å². The molecule has 3 heterocycles. The van der Waals surface area contributed by atoms with E-state index in [1.54, 1.807) is 11.1 Å². The van der Waals surface area contributed by atoms with Gasteiger partial charge in [0, 0.05) is 31.4 Å². The Labute approximate surface area is 181 Å². The molecule has 6 nitrogen and oxygen atoms in total. The van der Waals surface area contributed by atoms with Crippen molar-refractivity contribution in [2.45, 2.75) is 51.7 Å². The third-order valence-corrected chi connectivity index (χ3v) is 6.23. The Hall–Kier alpha value is -2.96. The predicted octanol–water partition coefficient (Wildman–Crippen LogP) is 3.10. The molecule has 1 saturated heterocycles. The number of likely N-dealkylation sites (tertiary alicyclic amines) is 1. The molecule has 1 fully saturated rings. The van der Waals surface area contributed by atoms with Gasteiger partial charge in [-0.25, -0.2) is 4.39 Å². The second-order valence-corrected chi connectivity index (χ2v) is 8.41. The van der Waals surface area contributed by atoms with E-state index in [1.165, 1.54) is 10.5 Å². The summed E-state index contributed by atoms with van der Waals surface area (Å²) in [6.07, 6.45) is 4.54. The number of aryl methyl sites for hydroxylation is 1. The van der Waals surface area contributed by atoms with Crippen LogP contribution in [0.15, 0.2) is 35.3 Å². The molecule has 31 heavy (non-hydrogen) atoms. The van der Waals surface area contributed by atoms with Gasteiger partial charge in [-0.2, -0.15) is 0 Å². The molecule has 2 aromatic rings. The van der Waals surface area contributed by atoms with Crippen LogP contribution in [0.1, 0.15) is 63.6 Å². The van der Waals surface area contributed by atoms with Gasteiger partial charge in [0.15, 0.2) is 0 Å². The standard InChI is InChI=1S/C24H28FN3O3/c1-2-3-4-16-5-7-17(8-6-16)23(30)27-12-10-20-18(14-27)13-26-22(29)21(20)24(31)28-11-9-19(25)15-28/h5-8,13,19H,2-4,9-12,14-15H2,1H3,(H,26,29)/t19-/m0/s1. The van der Waals surface area contributed by atoms with Gasteiger partial charge in [-0.1, -0.05) is 25.5 Å². The van der Waals surface area contributed by atoms with E-state index in [1.807, 2.05) is 24.3 Å². The molecule has 0 aliphatic carbocycles. The number of carbonyl (C=O) groups excluding carboxylic acids is 2. The Morgan fingerprint density at radius 2 is 1.90 bits per heavy atom. The van der Waals surface area contributed by atoms with Crippen LogP contribution in [0.5, 0.6) is 0 Å². The summed E-state index contributed by atoms with van der Waals surface area (Å²) < 4.78 is 13.6. The molecule has 1 N–H and O–H groups in total. The number of nitrogens with one attached hydrogen (secondary N) is 1. The lowest BCUT2D eigenvalue weighted by Gasteiger charge is -2.30. The fourth-order valence-electron chi connectivity index (χ4n) is 4.40. The Morgan fingerprint density at radius 3 is 2.58 bits per heavy atom. The van der Waals surface area contributed by atoms with Crippen LogP contribution in [-0.2, 0) is 19.4 Å². The molecule has 7 heteroatoms. The molecule has 1 atom stereocenters. The van der Waals surface area contributed by atoms with Crippen LogP contribution in [0, 0.1) is 0 Å². The first-order valence-electron chi connectivity index (χ1n) is 11.0. The van der Waals surface area contributed by atoms with Crippen molar-refractivity contribution in [3.05, 3.63) is 68.6 Å². The number of fused-ring (bicyclic) bond motifs is 1. The molecule has 2 aliphatic heterocycles. The summed E-state index contributed by atoms with van der Waals surface area (Å²) in [6, 6.07) is 7.74. The highest BCUT2D eigenvalue weighted by atomic mass is 19.1. The van der Waals surface area contributed by atoms with Crippen LogP contribution < -0.4 is 5.56 Å². The number of carbonyl (C=O) groups is 2. The quantitative estimate of drug-likeness (QED) is 0.800. The summed E-state index contributed by atoms with van der Waals surface area (Å²) in [5, 5.41) is 0. The summed E-state index contributed by atoms with van der Waals surface area (Å²) >= 11 is 0. The number of hydrogen-bond donors (Lipinski definition) is 1. The van der Waals surface area contributed by atoms with E-state index >= 15 is 0 Å². The normalized spacial score (nSPS) is 18.2. The largest absolute Gasteiger partial charge is 0.335 e. The number of hydrogen-bond acceptors (Lipinski definition) is 3. The number of H-pyrrole nitrogens is 1. The lowest BCUT2D eigenvalue weighted by atomic mass is 9.95. The van der Waals surface area contributed by atoms with E-state index in [-0.39, 0.29) is 18.0 Å². The number of pyridine rings is 1. The number of aromatic amines is 1. The summed E-state index contributed by atoms with van der Waals surface area (Å²) in [5.74, 6) is -0.479. The lowest BCUT2D eigenvalue weighted by molar-refractivity contribution is 0.0733. The third-order valence-electron chi connectivity index (χ3n) is 6.23. The molecule has 2 amide bonds. The number of alkyl halides is 1. The van der Waals surface area contributed by atoms with Crippen molar-refractivity contribution < 1.29 is 14.0 Å². The van der Waals surface area contributed by atoms with Crippen molar-refractivity contribution >= 4 is 11.8 Å². The second-order valence-electron chi connectivity index (χ2n) is 8.41. The van der Waals surface area contributed by atoms with Crippen LogP contribution in [-0.4, -0.2) is 52.4 Å². The minimum Gasteiger partial charge on any atom is -0.335 e. The monoisotopic (exact) mass is 425 g/mol. The fraction of sp³-hybridized carbons (Fsp3) is 0.458. The first-order valence-corrected chi connectivity index (χ1v) is 11.0. The van der Waals surface area contributed by atoms with Gasteiger partial charge in [0.2, 0.25) is 0 Å². The van der Waals surface area contributed by atoms with Gasteiger partial charge < -0.3 is 14.8 Å². The van der Waals surface area contributed by atoms with Crippen molar-refractivity contribution in [2.24, 2.45) is 0 Å². The molecular weight excluding hydrogens is 397 g/mol. The van der Waals surface area contributed by atoms with E-state index in [0.29, 0.717) is 43.6 Å². The van der Waals surface area contributed by atoms with Gasteiger partial charge in [0.25, 0.3) is 17.4 Å². The zero-order chi connectivity index (χ0) is 22.0. The molecule has 0 radical (unpaired) electrons. The molecular formula is C24H28FN3O3. The number of benzene rings is 1. The molecule has 0 unspecified atom stereocenters. The third kappa shape index (κ3) is 4.40. The average Bonchev–Trinajstić information content (AvgIpc) is 3.23. The molecule has 2 aliphatic rings. The summed E-state index contributed by atoms with van der Waals surface area (Å²) in [5.41, 5.74) is 2.94. The summed E-state index contributed by atoms with van der Waals surface area (Å²) in [4.78, 5) is 44.1. The molecule has 4 rings (SSSR count). The Kier molecular flexibility index (Phi) is 6.20. The van der Waals surface area contributed by atoms with Crippen LogP contribution in [0.25, 0.3) is 0 Å². The minimum atomic E-state index is -1.04. The van der Waals surface area contributed by atoms with Crippen molar-refractivity contribution in [1.82, 2.24) is 14.8 Å². The van der Waals surface area contributed by atoms with Gasteiger partial charge in [-0.3, -0.25) is 14.4 Å². The lowest BCUT2D eigenvalue weighted by Crippen LogP contribution is -2.40. The number of rotatable bonds is 5. The van der Waals surface area contributed by atoms with Crippen LogP contribution >= 0.6 is 0 Å². The number of unbranched alkanes of at least 4 members (excludes halogenated alkanes) is 1. The highest BCUT2D eigenvalue weighted by molar-refractivity contribution is 5.97. The van der Waals surface area contributed by atoms with Gasteiger partial charge in [0.1, 0.15) is 11.7 Å². The number of aromatic nitrogens is 1. The van der Waals surface area contributed by atoms with Crippen molar-refractivity contribution in [3.8, 4) is 0 Å². The first kappa shape index (κ1) is 21.3. The topological polar surface area (TPSA) is 73.5 Å². The zero-order valence-corrected chi connectivity index (χ0v) is 17.8. The summed E-state index contributed by atoms with van der Waals surface area (Å²) in [6.45, 7) is 3.26. The van der Waals surface area contributed by atoms with Gasteiger partial charge in [-0.15, -0.1) is 0 Å². The van der Waals surface area contributed by atoms with E-state index in [9.17, 15) is 18.8 Å². The minimum absolute atomic E-state index is 0.0286. The molecule has 164 valence electrons. The maximum absolute atomic E-state index is 13.6. The smallest absolute Gasteiger partial charge is 0.261 e. The SMILES string of the molecule is CCCCc1ccc(C(=O)N2CCc3c(c[nH]c(=O)c3C(=O)N3CC[C@H](F)C3)C2)cc1. The second kappa shape index (κ2) is 9.04. The van der Waals surface area contributed by atoms with Crippen LogP contribution in [0.2, 0.25) is 0 Å². The van der Waals surface area contributed by atoms with E-state index in [0.717, 1.165) is 24.8 Å². The van der Waals surface area contributed by atoms with Crippen LogP contribution in [0.4, 0.5) is 4.39 Å². The molecule has 1 aromatic heterocycles. The Balaban J connectivity index is 1.52. The Morgan fingerprint density at radius 1 is 1.13 bits per heavy atom. The zero-order valence-electron chi connectivity index (χ0n) is 17.8. The van der Waals surface area contributed by atoms with Crippen molar-refractivity contribution in [1.29, 1.82) is 0 Å². The average molecular weight is 426 g/mol. The first-order chi connectivity index (χ1) is 15.0. The van der Waals surface area contributed by atoms with E-state index in [2.05, 4.69) is 11.9 Å². The van der Waals surface area contributed by atoms with Gasteiger partial charge in [-0.05, 0) is 54.5 Å². The Bertz CT molecular complexity index is 1030. The number of nitrogens with zero attached hydrogens (tertiary/aromatic N) is 2. The molecule has 0 spiro atoms. The van der Waals surface area contributed by atoms with Gasteiger partial charge in [0.05, 0.1) is 6.54 Å². The number of amides is 2. The summed E-state index contributed by atoms with van der Waals surface area (Å²) in [7, 11) is 0. The van der Waals surface area contributed by atoms with Crippen molar-refractivity contribution in [2.75, 3.05) is 19.6 Å². The maximum Gasteiger partial charge on any atom is 0.261 e. The number of halogens is 1. The van der Waals surface area contributed by atoms with Crippen molar-refractivity contribution in [3.63, 3.8) is 0 Å². The van der Waals surface area contributed by atoms with E-state index in [4.69, 9.17) is 0 Å². The van der Waals surface area contributed by atoms with E-state index < -0.39 is 17.6 Å². The maximum atomic E-state index is 13.6. The molecule has 0 bridgehead atoms. The van der Waals surface area contributed by atoms with Crippen LogP contribution in [0.3, 0.4) is 0 Å². The highest BCUT2D eigenvalue weighted by Gasteiger charge is 2.32. The predicted molar refractivity (Wildman–Crippen MR) is 116 cm³/mol. The molecule has 0 saturated carbocycles. The molecule has 1 aromatic carbocycles.